The van der Waals surface area contributed by atoms with Crippen molar-refractivity contribution < 1.29 is 9.53 Å². The molecule has 1 aromatic carbocycles. The van der Waals surface area contributed by atoms with E-state index in [0.29, 0.717) is 18.0 Å². The van der Waals surface area contributed by atoms with Crippen molar-refractivity contribution in [1.82, 2.24) is 9.38 Å². The second kappa shape index (κ2) is 9.70. The van der Waals surface area contributed by atoms with E-state index >= 15 is 0 Å². The first-order chi connectivity index (χ1) is 13.3. The monoisotopic (exact) mass is 384 g/mol. The fourth-order valence-corrected chi connectivity index (χ4v) is 4.14. The SMILES string of the molecule is CCCCCCCCc1ccc(OCC)c(-c2nc3sccn3c2C=O)c1. The Morgan fingerprint density at radius 1 is 1.15 bits per heavy atom. The summed E-state index contributed by atoms with van der Waals surface area (Å²) in [7, 11) is 0. The van der Waals surface area contributed by atoms with E-state index in [0.717, 1.165) is 29.0 Å². The van der Waals surface area contributed by atoms with Crippen LogP contribution in [-0.2, 0) is 6.42 Å². The van der Waals surface area contributed by atoms with Crippen LogP contribution in [0, 0.1) is 0 Å². The number of aromatic nitrogens is 2. The summed E-state index contributed by atoms with van der Waals surface area (Å²) in [4.78, 5) is 17.3. The number of nitrogens with zero attached hydrogens (tertiary/aromatic N) is 2. The van der Waals surface area contributed by atoms with Crippen LogP contribution >= 0.6 is 11.3 Å². The lowest BCUT2D eigenvalue weighted by Gasteiger charge is -2.11. The Morgan fingerprint density at radius 2 is 1.96 bits per heavy atom. The van der Waals surface area contributed by atoms with Crippen molar-refractivity contribution in [2.24, 2.45) is 0 Å². The molecule has 0 fully saturated rings. The number of imidazole rings is 1. The summed E-state index contributed by atoms with van der Waals surface area (Å²) in [6.45, 7) is 4.80. The molecule has 3 aromatic rings. The van der Waals surface area contributed by atoms with Crippen LogP contribution in [-0.4, -0.2) is 22.3 Å². The van der Waals surface area contributed by atoms with Crippen molar-refractivity contribution in [3.8, 4) is 17.0 Å². The van der Waals surface area contributed by atoms with Crippen molar-refractivity contribution >= 4 is 22.6 Å². The maximum atomic E-state index is 11.7. The molecule has 0 saturated heterocycles. The third kappa shape index (κ3) is 4.59. The van der Waals surface area contributed by atoms with Crippen LogP contribution in [0.25, 0.3) is 16.2 Å². The number of benzene rings is 1. The summed E-state index contributed by atoms with van der Waals surface area (Å²) < 4.78 is 7.68. The van der Waals surface area contributed by atoms with E-state index in [2.05, 4.69) is 19.1 Å². The number of aryl methyl sites for hydroxylation is 1. The number of hydrogen-bond donors (Lipinski definition) is 0. The van der Waals surface area contributed by atoms with E-state index in [-0.39, 0.29) is 0 Å². The molecule has 4 nitrogen and oxygen atoms in total. The minimum absolute atomic E-state index is 0.586. The molecule has 0 atom stereocenters. The highest BCUT2D eigenvalue weighted by molar-refractivity contribution is 7.15. The van der Waals surface area contributed by atoms with Crippen molar-refractivity contribution in [1.29, 1.82) is 0 Å². The van der Waals surface area contributed by atoms with Crippen molar-refractivity contribution in [2.75, 3.05) is 6.61 Å². The summed E-state index contributed by atoms with van der Waals surface area (Å²) in [6.07, 6.45) is 11.5. The number of rotatable bonds is 11. The van der Waals surface area contributed by atoms with Crippen LogP contribution in [0.2, 0.25) is 0 Å². The van der Waals surface area contributed by atoms with Gasteiger partial charge in [0.25, 0.3) is 0 Å². The van der Waals surface area contributed by atoms with Crippen LogP contribution in [0.3, 0.4) is 0 Å². The Bertz CT molecular complexity index is 882. The lowest BCUT2D eigenvalue weighted by atomic mass is 10.0. The second-order valence-electron chi connectivity index (χ2n) is 6.80. The molecule has 0 aliphatic carbocycles. The average Bonchev–Trinajstić information content (AvgIpc) is 3.26. The summed E-state index contributed by atoms with van der Waals surface area (Å²) in [6, 6.07) is 6.31. The quantitative estimate of drug-likeness (QED) is 0.293. The second-order valence-corrected chi connectivity index (χ2v) is 7.67. The molecule has 0 N–H and O–H groups in total. The van der Waals surface area contributed by atoms with Gasteiger partial charge in [-0.3, -0.25) is 9.20 Å². The maximum Gasteiger partial charge on any atom is 0.194 e. The number of carbonyl (C=O) groups is 1. The fourth-order valence-electron chi connectivity index (χ4n) is 3.42. The number of unbranched alkanes of at least 4 members (excludes halogenated alkanes) is 5. The number of hydrogen-bond acceptors (Lipinski definition) is 4. The van der Waals surface area contributed by atoms with Gasteiger partial charge in [-0.1, -0.05) is 45.1 Å². The van der Waals surface area contributed by atoms with Gasteiger partial charge in [0, 0.05) is 17.1 Å². The first-order valence-corrected chi connectivity index (χ1v) is 10.8. The van der Waals surface area contributed by atoms with Crippen molar-refractivity contribution in [3.05, 3.63) is 41.0 Å². The van der Waals surface area contributed by atoms with Gasteiger partial charge in [-0.25, -0.2) is 4.98 Å². The third-order valence-electron chi connectivity index (χ3n) is 4.83. The highest BCUT2D eigenvalue weighted by Crippen LogP contribution is 2.34. The molecule has 2 aromatic heterocycles. The average molecular weight is 385 g/mol. The zero-order valence-electron chi connectivity index (χ0n) is 16.2. The number of fused-ring (bicyclic) bond motifs is 1. The van der Waals surface area contributed by atoms with Crippen LogP contribution in [0.1, 0.15) is 68.4 Å². The Kier molecular flexibility index (Phi) is 7.04. The number of carbonyl (C=O) groups excluding carboxylic acids is 1. The zero-order chi connectivity index (χ0) is 19.1. The normalized spacial score (nSPS) is 11.2. The van der Waals surface area contributed by atoms with Gasteiger partial charge in [-0.05, 0) is 37.5 Å². The Labute approximate surface area is 165 Å². The van der Waals surface area contributed by atoms with Gasteiger partial charge in [-0.2, -0.15) is 0 Å². The first kappa shape index (κ1) is 19.6. The summed E-state index contributed by atoms with van der Waals surface area (Å²) in [5.41, 5.74) is 3.49. The molecule has 2 heterocycles. The topological polar surface area (TPSA) is 43.6 Å². The van der Waals surface area contributed by atoms with Gasteiger partial charge in [0.2, 0.25) is 0 Å². The van der Waals surface area contributed by atoms with E-state index in [1.54, 1.807) is 0 Å². The van der Waals surface area contributed by atoms with E-state index in [1.165, 1.54) is 55.4 Å². The molecule has 0 aliphatic heterocycles. The van der Waals surface area contributed by atoms with Crippen LogP contribution in [0.15, 0.2) is 29.8 Å². The van der Waals surface area contributed by atoms with Crippen LogP contribution in [0.5, 0.6) is 5.75 Å². The first-order valence-electron chi connectivity index (χ1n) is 9.95. The number of aldehydes is 1. The Balaban J connectivity index is 1.83. The molecular weight excluding hydrogens is 356 g/mol. The molecule has 0 unspecified atom stereocenters. The summed E-state index contributed by atoms with van der Waals surface area (Å²) >= 11 is 1.53. The summed E-state index contributed by atoms with van der Waals surface area (Å²) in [5, 5.41) is 1.94. The van der Waals surface area contributed by atoms with Gasteiger partial charge in [-0.15, -0.1) is 11.3 Å². The molecule has 5 heteroatoms. The van der Waals surface area contributed by atoms with Crippen molar-refractivity contribution in [2.45, 2.75) is 58.8 Å². The highest BCUT2D eigenvalue weighted by atomic mass is 32.1. The van der Waals surface area contributed by atoms with E-state index in [1.807, 2.05) is 29.0 Å². The Hall–Kier alpha value is -2.14. The molecule has 0 amide bonds. The molecule has 0 saturated carbocycles. The van der Waals surface area contributed by atoms with Gasteiger partial charge in [0.1, 0.15) is 17.1 Å². The maximum absolute atomic E-state index is 11.7. The van der Waals surface area contributed by atoms with E-state index in [4.69, 9.17) is 9.72 Å². The van der Waals surface area contributed by atoms with Crippen LogP contribution in [0.4, 0.5) is 0 Å². The largest absolute Gasteiger partial charge is 0.493 e. The predicted molar refractivity (Wildman–Crippen MR) is 112 cm³/mol. The zero-order valence-corrected chi connectivity index (χ0v) is 17.1. The van der Waals surface area contributed by atoms with E-state index in [9.17, 15) is 4.79 Å². The smallest absolute Gasteiger partial charge is 0.194 e. The predicted octanol–water partition coefficient (Wildman–Crippen LogP) is 6.18. The standard InChI is InChI=1S/C22H28N2O2S/c1-3-5-6-7-8-9-10-17-11-12-20(26-4-2)18(15-17)21-19(16-25)24-13-14-27-22(24)23-21/h11-16H,3-10H2,1-2H3. The highest BCUT2D eigenvalue weighted by Gasteiger charge is 2.18. The molecule has 0 radical (unpaired) electrons. The number of thiazole rings is 1. The molecule has 0 spiro atoms. The van der Waals surface area contributed by atoms with Gasteiger partial charge in [0.15, 0.2) is 11.2 Å². The molecule has 27 heavy (non-hydrogen) atoms. The third-order valence-corrected chi connectivity index (χ3v) is 5.59. The molecular formula is C22H28N2O2S. The molecule has 3 rings (SSSR count). The molecule has 0 bridgehead atoms. The number of ether oxygens (including phenoxy) is 1. The Morgan fingerprint density at radius 3 is 2.74 bits per heavy atom. The molecule has 0 aliphatic rings. The molecule has 144 valence electrons. The van der Waals surface area contributed by atoms with Crippen LogP contribution < -0.4 is 4.74 Å². The van der Waals surface area contributed by atoms with Gasteiger partial charge in [0.05, 0.1) is 6.61 Å². The minimum atomic E-state index is 0.586. The lowest BCUT2D eigenvalue weighted by molar-refractivity contribution is 0.111. The van der Waals surface area contributed by atoms with Crippen molar-refractivity contribution in [3.63, 3.8) is 0 Å². The lowest BCUT2D eigenvalue weighted by Crippen LogP contribution is -1.98. The van der Waals surface area contributed by atoms with E-state index < -0.39 is 0 Å². The van der Waals surface area contributed by atoms with Gasteiger partial charge < -0.3 is 4.74 Å². The van der Waals surface area contributed by atoms with Gasteiger partial charge >= 0.3 is 0 Å². The fraction of sp³-hybridized carbons (Fsp3) is 0.455. The minimum Gasteiger partial charge on any atom is -0.493 e. The summed E-state index contributed by atoms with van der Waals surface area (Å²) in [5.74, 6) is 0.790.